The number of amides is 1. The molecule has 0 aliphatic heterocycles. The number of nitrogen functional groups attached to an aromatic ring is 1. The van der Waals surface area contributed by atoms with Crippen LogP contribution >= 0.6 is 12.4 Å². The largest absolute Gasteiger partial charge is 0.399 e. The molecule has 0 aromatic heterocycles. The molecule has 0 saturated carbocycles. The Morgan fingerprint density at radius 2 is 1.77 bits per heavy atom. The van der Waals surface area contributed by atoms with Gasteiger partial charge in [-0.1, -0.05) is 48.0 Å². The van der Waals surface area contributed by atoms with E-state index in [0.29, 0.717) is 12.8 Å². The lowest BCUT2D eigenvalue weighted by Gasteiger charge is -2.15. The fourth-order valence-electron chi connectivity index (χ4n) is 2.26. The molecule has 0 radical (unpaired) electrons. The van der Waals surface area contributed by atoms with E-state index in [2.05, 4.69) is 36.5 Å². The third-order valence-corrected chi connectivity index (χ3v) is 3.63. The second kappa shape index (κ2) is 8.44. The van der Waals surface area contributed by atoms with Crippen molar-refractivity contribution < 1.29 is 4.79 Å². The summed E-state index contributed by atoms with van der Waals surface area (Å²) in [6, 6.07) is 15.9. The maximum atomic E-state index is 12.0. The van der Waals surface area contributed by atoms with Gasteiger partial charge >= 0.3 is 0 Å². The number of carbonyl (C=O) groups is 1. The van der Waals surface area contributed by atoms with Gasteiger partial charge in [-0.15, -0.1) is 12.4 Å². The van der Waals surface area contributed by atoms with Crippen LogP contribution in [0.15, 0.2) is 48.5 Å². The van der Waals surface area contributed by atoms with Crippen molar-refractivity contribution in [2.24, 2.45) is 0 Å². The van der Waals surface area contributed by atoms with Crippen LogP contribution < -0.4 is 11.1 Å². The molecule has 118 valence electrons. The van der Waals surface area contributed by atoms with Crippen molar-refractivity contribution >= 4 is 24.0 Å². The number of hydrogen-bond acceptors (Lipinski definition) is 2. The number of aryl methyl sites for hydroxylation is 2. The summed E-state index contributed by atoms with van der Waals surface area (Å²) in [4.78, 5) is 12.0. The van der Waals surface area contributed by atoms with Gasteiger partial charge in [0.15, 0.2) is 0 Å². The maximum Gasteiger partial charge on any atom is 0.220 e. The highest BCUT2D eigenvalue weighted by atomic mass is 35.5. The molecule has 0 bridgehead atoms. The van der Waals surface area contributed by atoms with Gasteiger partial charge in [-0.3, -0.25) is 4.79 Å². The Bertz CT molecular complexity index is 611. The number of halogens is 1. The van der Waals surface area contributed by atoms with Gasteiger partial charge in [-0.2, -0.15) is 0 Å². The van der Waals surface area contributed by atoms with Crippen LogP contribution in [-0.2, 0) is 11.2 Å². The topological polar surface area (TPSA) is 55.1 Å². The van der Waals surface area contributed by atoms with Crippen LogP contribution in [0.2, 0.25) is 0 Å². The van der Waals surface area contributed by atoms with Crippen LogP contribution in [0.3, 0.4) is 0 Å². The molecule has 2 aromatic carbocycles. The van der Waals surface area contributed by atoms with Crippen molar-refractivity contribution in [1.82, 2.24) is 5.32 Å². The molecule has 2 rings (SSSR count). The molecule has 3 N–H and O–H groups in total. The smallest absolute Gasteiger partial charge is 0.220 e. The first-order valence-electron chi connectivity index (χ1n) is 7.25. The van der Waals surface area contributed by atoms with Gasteiger partial charge in [0.2, 0.25) is 5.91 Å². The number of nitrogens with two attached hydrogens (primary N) is 1. The van der Waals surface area contributed by atoms with Gasteiger partial charge in [-0.05, 0) is 37.5 Å². The normalized spacial score (nSPS) is 11.4. The summed E-state index contributed by atoms with van der Waals surface area (Å²) >= 11 is 0. The molecular weight excluding hydrogens is 296 g/mol. The van der Waals surface area contributed by atoms with E-state index in [0.717, 1.165) is 16.8 Å². The SMILES string of the molecule is Cc1ccc(C(C)NC(=O)CCc2ccccc2N)cc1.Cl. The molecule has 0 aliphatic rings. The van der Waals surface area contributed by atoms with E-state index in [-0.39, 0.29) is 24.4 Å². The summed E-state index contributed by atoms with van der Waals surface area (Å²) in [5.41, 5.74) is 9.99. The number of para-hydroxylation sites is 1. The molecule has 3 nitrogen and oxygen atoms in total. The van der Waals surface area contributed by atoms with E-state index in [1.807, 2.05) is 31.2 Å². The molecule has 0 spiro atoms. The Morgan fingerprint density at radius 1 is 1.14 bits per heavy atom. The number of nitrogens with one attached hydrogen (secondary N) is 1. The number of carbonyl (C=O) groups excluding carboxylic acids is 1. The van der Waals surface area contributed by atoms with Crippen LogP contribution in [0.5, 0.6) is 0 Å². The summed E-state index contributed by atoms with van der Waals surface area (Å²) < 4.78 is 0. The van der Waals surface area contributed by atoms with Gasteiger partial charge in [0, 0.05) is 12.1 Å². The molecule has 0 aliphatic carbocycles. The van der Waals surface area contributed by atoms with Crippen molar-refractivity contribution in [3.8, 4) is 0 Å². The van der Waals surface area contributed by atoms with E-state index in [1.165, 1.54) is 5.56 Å². The Balaban J connectivity index is 0.00000242. The molecule has 1 amide bonds. The molecule has 0 saturated heterocycles. The molecule has 1 unspecified atom stereocenters. The second-order valence-electron chi connectivity index (χ2n) is 5.40. The van der Waals surface area contributed by atoms with Crippen LogP contribution in [-0.4, -0.2) is 5.91 Å². The zero-order valence-electron chi connectivity index (χ0n) is 13.0. The predicted octanol–water partition coefficient (Wildman–Crippen LogP) is 3.81. The highest BCUT2D eigenvalue weighted by Gasteiger charge is 2.10. The van der Waals surface area contributed by atoms with E-state index >= 15 is 0 Å². The minimum atomic E-state index is 0. The average molecular weight is 319 g/mol. The highest BCUT2D eigenvalue weighted by Crippen LogP contribution is 2.15. The summed E-state index contributed by atoms with van der Waals surface area (Å²) in [7, 11) is 0. The zero-order valence-corrected chi connectivity index (χ0v) is 13.8. The Morgan fingerprint density at radius 3 is 2.41 bits per heavy atom. The minimum Gasteiger partial charge on any atom is -0.399 e. The third kappa shape index (κ3) is 5.08. The van der Waals surface area contributed by atoms with Crippen molar-refractivity contribution in [3.63, 3.8) is 0 Å². The monoisotopic (exact) mass is 318 g/mol. The molecular formula is C18H23ClN2O. The Kier molecular flexibility index (Phi) is 6.93. The standard InChI is InChI=1S/C18H22N2O.ClH/c1-13-7-9-15(10-8-13)14(2)20-18(21)12-11-16-5-3-4-6-17(16)19;/h3-10,14H,11-12,19H2,1-2H3,(H,20,21);1H. The quantitative estimate of drug-likeness (QED) is 0.824. The Hall–Kier alpha value is -2.00. The van der Waals surface area contributed by atoms with Gasteiger partial charge < -0.3 is 11.1 Å². The first-order valence-corrected chi connectivity index (χ1v) is 7.25. The van der Waals surface area contributed by atoms with E-state index in [4.69, 9.17) is 5.73 Å². The van der Waals surface area contributed by atoms with E-state index < -0.39 is 0 Å². The predicted molar refractivity (Wildman–Crippen MR) is 94.2 cm³/mol. The first kappa shape index (κ1) is 18.1. The van der Waals surface area contributed by atoms with Crippen molar-refractivity contribution in [2.45, 2.75) is 32.7 Å². The molecule has 0 fully saturated rings. The number of anilines is 1. The average Bonchev–Trinajstić information content (AvgIpc) is 2.47. The maximum absolute atomic E-state index is 12.0. The number of hydrogen-bond donors (Lipinski definition) is 2. The van der Waals surface area contributed by atoms with Crippen molar-refractivity contribution in [1.29, 1.82) is 0 Å². The molecule has 1 atom stereocenters. The lowest BCUT2D eigenvalue weighted by molar-refractivity contribution is -0.121. The molecule has 22 heavy (non-hydrogen) atoms. The van der Waals surface area contributed by atoms with E-state index in [1.54, 1.807) is 0 Å². The van der Waals surface area contributed by atoms with Crippen molar-refractivity contribution in [3.05, 3.63) is 65.2 Å². The lowest BCUT2D eigenvalue weighted by Crippen LogP contribution is -2.26. The van der Waals surface area contributed by atoms with Crippen LogP contribution in [0.1, 0.15) is 36.1 Å². The number of rotatable bonds is 5. The third-order valence-electron chi connectivity index (χ3n) is 3.63. The second-order valence-corrected chi connectivity index (χ2v) is 5.40. The first-order chi connectivity index (χ1) is 10.1. The Labute approximate surface area is 138 Å². The lowest BCUT2D eigenvalue weighted by atomic mass is 10.1. The van der Waals surface area contributed by atoms with E-state index in [9.17, 15) is 4.79 Å². The fraction of sp³-hybridized carbons (Fsp3) is 0.278. The van der Waals surface area contributed by atoms with Gasteiger partial charge in [0.05, 0.1) is 6.04 Å². The summed E-state index contributed by atoms with van der Waals surface area (Å²) in [6.45, 7) is 4.05. The van der Waals surface area contributed by atoms with Gasteiger partial charge in [0.25, 0.3) is 0 Å². The summed E-state index contributed by atoms with van der Waals surface area (Å²) in [5, 5.41) is 3.03. The highest BCUT2D eigenvalue weighted by molar-refractivity contribution is 5.85. The van der Waals surface area contributed by atoms with Crippen LogP contribution in [0.25, 0.3) is 0 Å². The molecule has 4 heteroatoms. The molecule has 2 aromatic rings. The van der Waals surface area contributed by atoms with Gasteiger partial charge in [0.1, 0.15) is 0 Å². The molecule has 0 heterocycles. The summed E-state index contributed by atoms with van der Waals surface area (Å²) in [5.74, 6) is 0.0475. The van der Waals surface area contributed by atoms with Crippen LogP contribution in [0, 0.1) is 6.92 Å². The fourth-order valence-corrected chi connectivity index (χ4v) is 2.26. The summed E-state index contributed by atoms with van der Waals surface area (Å²) in [6.07, 6.45) is 1.11. The zero-order chi connectivity index (χ0) is 15.2. The minimum absolute atomic E-state index is 0. The number of benzene rings is 2. The van der Waals surface area contributed by atoms with Crippen molar-refractivity contribution in [2.75, 3.05) is 5.73 Å². The van der Waals surface area contributed by atoms with Gasteiger partial charge in [-0.25, -0.2) is 0 Å². The van der Waals surface area contributed by atoms with Crippen LogP contribution in [0.4, 0.5) is 5.69 Å².